The van der Waals surface area contributed by atoms with Crippen LogP contribution in [0.1, 0.15) is 39.3 Å². The molecule has 2 rings (SSSR count). The van der Waals surface area contributed by atoms with E-state index in [0.29, 0.717) is 6.04 Å². The maximum Gasteiger partial charge on any atom is 0.410 e. The number of aryl methyl sites for hydroxylation is 1. The highest BCUT2D eigenvalue weighted by Gasteiger charge is 2.31. The van der Waals surface area contributed by atoms with Crippen LogP contribution in [-0.2, 0) is 11.2 Å². The lowest BCUT2D eigenvalue weighted by molar-refractivity contribution is 0.0242. The van der Waals surface area contributed by atoms with Gasteiger partial charge in [0.1, 0.15) is 5.60 Å². The Labute approximate surface area is 137 Å². The van der Waals surface area contributed by atoms with Gasteiger partial charge in [0.25, 0.3) is 0 Å². The zero-order valence-corrected chi connectivity index (χ0v) is 14.6. The summed E-state index contributed by atoms with van der Waals surface area (Å²) in [6, 6.07) is 6.33. The van der Waals surface area contributed by atoms with Crippen molar-refractivity contribution >= 4 is 17.9 Å². The number of nitrogens with zero attached hydrogens (tertiary/aromatic N) is 2. The van der Waals surface area contributed by atoms with Gasteiger partial charge in [-0.15, -0.1) is 0 Å². The van der Waals surface area contributed by atoms with Crippen molar-refractivity contribution in [1.82, 2.24) is 9.88 Å². The summed E-state index contributed by atoms with van der Waals surface area (Å²) < 4.78 is 5.50. The molecule has 1 aromatic rings. The lowest BCUT2D eigenvalue weighted by Crippen LogP contribution is -2.40. The minimum Gasteiger partial charge on any atom is -0.444 e. The Hall–Kier alpha value is -1.23. The van der Waals surface area contributed by atoms with Gasteiger partial charge in [0, 0.05) is 30.2 Å². The second-order valence-electron chi connectivity index (χ2n) is 6.62. The summed E-state index contributed by atoms with van der Waals surface area (Å²) in [7, 11) is 0. The van der Waals surface area contributed by atoms with Gasteiger partial charge in [-0.2, -0.15) is 11.8 Å². The first-order valence-electron chi connectivity index (χ1n) is 7.93. The van der Waals surface area contributed by atoms with E-state index in [1.807, 2.05) is 55.8 Å². The molecule has 22 heavy (non-hydrogen) atoms. The van der Waals surface area contributed by atoms with E-state index in [4.69, 9.17) is 4.74 Å². The summed E-state index contributed by atoms with van der Waals surface area (Å²) >= 11 is 1.90. The average molecular weight is 322 g/mol. The Balaban J connectivity index is 1.73. The Morgan fingerprint density at radius 1 is 1.45 bits per heavy atom. The number of rotatable bonds is 5. The van der Waals surface area contributed by atoms with Crippen molar-refractivity contribution in [3.05, 3.63) is 30.1 Å². The van der Waals surface area contributed by atoms with Crippen molar-refractivity contribution in [1.29, 1.82) is 0 Å². The predicted octanol–water partition coefficient (Wildman–Crippen LogP) is 3.76. The molecule has 0 aromatic carbocycles. The van der Waals surface area contributed by atoms with Gasteiger partial charge < -0.3 is 9.64 Å². The van der Waals surface area contributed by atoms with Gasteiger partial charge in [-0.3, -0.25) is 4.98 Å². The molecule has 0 unspecified atom stereocenters. The van der Waals surface area contributed by atoms with E-state index in [9.17, 15) is 4.79 Å². The second-order valence-corrected chi connectivity index (χ2v) is 7.77. The van der Waals surface area contributed by atoms with Gasteiger partial charge >= 0.3 is 6.09 Å². The standard InChI is InChI=1S/C17H26N2O2S/c1-17(2,3)21-16(20)19-11-6-8-15(19)13-22-12-9-14-7-4-5-10-18-14/h4-5,7,10,15H,6,8-9,11-13H2,1-3H3/t15-/m0/s1. The van der Waals surface area contributed by atoms with E-state index in [1.165, 1.54) is 0 Å². The number of hydrogen-bond donors (Lipinski definition) is 0. The van der Waals surface area contributed by atoms with Gasteiger partial charge in [0.2, 0.25) is 0 Å². The quantitative estimate of drug-likeness (QED) is 0.774. The van der Waals surface area contributed by atoms with Crippen LogP contribution >= 0.6 is 11.8 Å². The number of amides is 1. The number of thioether (sulfide) groups is 1. The smallest absolute Gasteiger partial charge is 0.410 e. The van der Waals surface area contributed by atoms with Crippen LogP contribution in [-0.4, -0.2) is 45.7 Å². The molecule has 1 aliphatic heterocycles. The molecule has 1 atom stereocenters. The summed E-state index contributed by atoms with van der Waals surface area (Å²) in [5.41, 5.74) is 0.710. The SMILES string of the molecule is CC(C)(C)OC(=O)N1CCC[C@H]1CSCCc1ccccn1. The number of ether oxygens (including phenoxy) is 1. The van der Waals surface area contributed by atoms with Crippen molar-refractivity contribution in [3.63, 3.8) is 0 Å². The molecule has 122 valence electrons. The highest BCUT2D eigenvalue weighted by atomic mass is 32.2. The zero-order chi connectivity index (χ0) is 16.0. The Morgan fingerprint density at radius 3 is 2.95 bits per heavy atom. The predicted molar refractivity (Wildman–Crippen MR) is 91.2 cm³/mol. The van der Waals surface area contributed by atoms with Crippen LogP contribution in [0.4, 0.5) is 4.79 Å². The number of pyridine rings is 1. The van der Waals surface area contributed by atoms with E-state index in [1.54, 1.807) is 0 Å². The lowest BCUT2D eigenvalue weighted by Gasteiger charge is -2.28. The highest BCUT2D eigenvalue weighted by molar-refractivity contribution is 7.99. The van der Waals surface area contributed by atoms with Crippen LogP contribution < -0.4 is 0 Å². The molecule has 2 heterocycles. The van der Waals surface area contributed by atoms with Gasteiger partial charge in [-0.1, -0.05) is 6.07 Å². The Bertz CT molecular complexity index is 473. The number of hydrogen-bond acceptors (Lipinski definition) is 4. The van der Waals surface area contributed by atoms with Crippen molar-refractivity contribution in [2.24, 2.45) is 0 Å². The maximum absolute atomic E-state index is 12.2. The second kappa shape index (κ2) is 7.86. The van der Waals surface area contributed by atoms with Crippen molar-refractivity contribution in [3.8, 4) is 0 Å². The zero-order valence-electron chi connectivity index (χ0n) is 13.7. The fourth-order valence-corrected chi connectivity index (χ4v) is 3.65. The average Bonchev–Trinajstić information content (AvgIpc) is 2.91. The molecule has 5 heteroatoms. The van der Waals surface area contributed by atoms with Gasteiger partial charge in [0.15, 0.2) is 0 Å². The summed E-state index contributed by atoms with van der Waals surface area (Å²) in [5, 5.41) is 0. The fourth-order valence-electron chi connectivity index (χ4n) is 2.51. The summed E-state index contributed by atoms with van der Waals surface area (Å²) in [6.07, 6.45) is 4.80. The molecular formula is C17H26N2O2S. The van der Waals surface area contributed by atoms with E-state index in [0.717, 1.165) is 43.0 Å². The molecule has 4 nitrogen and oxygen atoms in total. The number of carbonyl (C=O) groups excluding carboxylic acids is 1. The molecule has 1 amide bonds. The first-order chi connectivity index (χ1) is 10.5. The number of aromatic nitrogens is 1. The number of likely N-dealkylation sites (tertiary alicyclic amines) is 1. The molecule has 0 spiro atoms. The monoisotopic (exact) mass is 322 g/mol. The van der Waals surface area contributed by atoms with Crippen molar-refractivity contribution in [2.75, 3.05) is 18.1 Å². The summed E-state index contributed by atoms with van der Waals surface area (Å²) in [6.45, 7) is 6.56. The first kappa shape index (κ1) is 17.1. The third kappa shape index (κ3) is 5.52. The van der Waals surface area contributed by atoms with E-state index in [-0.39, 0.29) is 6.09 Å². The molecule has 1 saturated heterocycles. The molecular weight excluding hydrogens is 296 g/mol. The van der Waals surface area contributed by atoms with Crippen LogP contribution in [0.2, 0.25) is 0 Å². The van der Waals surface area contributed by atoms with Gasteiger partial charge in [-0.05, 0) is 57.9 Å². The van der Waals surface area contributed by atoms with Crippen LogP contribution in [0.15, 0.2) is 24.4 Å². The van der Waals surface area contributed by atoms with Gasteiger partial charge in [0.05, 0.1) is 0 Å². The first-order valence-corrected chi connectivity index (χ1v) is 9.08. The Kier molecular flexibility index (Phi) is 6.12. The normalized spacial score (nSPS) is 18.5. The van der Waals surface area contributed by atoms with Crippen molar-refractivity contribution < 1.29 is 9.53 Å². The molecule has 0 radical (unpaired) electrons. The maximum atomic E-state index is 12.2. The third-order valence-electron chi connectivity index (χ3n) is 3.54. The highest BCUT2D eigenvalue weighted by Crippen LogP contribution is 2.23. The van der Waals surface area contributed by atoms with E-state index < -0.39 is 5.60 Å². The van der Waals surface area contributed by atoms with Crippen LogP contribution in [0.3, 0.4) is 0 Å². The Morgan fingerprint density at radius 2 is 2.27 bits per heavy atom. The van der Waals surface area contributed by atoms with E-state index in [2.05, 4.69) is 11.1 Å². The van der Waals surface area contributed by atoms with Crippen LogP contribution in [0.5, 0.6) is 0 Å². The topological polar surface area (TPSA) is 42.4 Å². The molecule has 0 aliphatic carbocycles. The number of carbonyl (C=O) groups is 1. The lowest BCUT2D eigenvalue weighted by atomic mass is 10.2. The van der Waals surface area contributed by atoms with Crippen molar-refractivity contribution in [2.45, 2.75) is 51.7 Å². The minimum absolute atomic E-state index is 0.166. The summed E-state index contributed by atoms with van der Waals surface area (Å²) in [5.74, 6) is 2.02. The van der Waals surface area contributed by atoms with Crippen LogP contribution in [0.25, 0.3) is 0 Å². The molecule has 0 saturated carbocycles. The van der Waals surface area contributed by atoms with E-state index >= 15 is 0 Å². The van der Waals surface area contributed by atoms with Crippen LogP contribution in [0, 0.1) is 0 Å². The molecule has 0 N–H and O–H groups in total. The molecule has 1 fully saturated rings. The fraction of sp³-hybridized carbons (Fsp3) is 0.647. The molecule has 0 bridgehead atoms. The molecule has 1 aromatic heterocycles. The van der Waals surface area contributed by atoms with Gasteiger partial charge in [-0.25, -0.2) is 4.79 Å². The third-order valence-corrected chi connectivity index (χ3v) is 4.66. The summed E-state index contributed by atoms with van der Waals surface area (Å²) in [4.78, 5) is 18.4. The largest absolute Gasteiger partial charge is 0.444 e. The molecule has 1 aliphatic rings. The minimum atomic E-state index is -0.420.